The largest absolute Gasteiger partial charge is 0.464 e. The van der Waals surface area contributed by atoms with Crippen LogP contribution in [-0.4, -0.2) is 0 Å². The molecule has 2 aromatic rings. The van der Waals surface area contributed by atoms with Crippen molar-refractivity contribution in [2.75, 3.05) is 0 Å². The Morgan fingerprint density at radius 1 is 1.29 bits per heavy atom. The Kier molecular flexibility index (Phi) is 3.38. The average Bonchev–Trinajstić information content (AvgIpc) is 2.76. The van der Waals surface area contributed by atoms with Gasteiger partial charge in [-0.15, -0.1) is 6.58 Å². The molecule has 88 valence electrons. The van der Waals surface area contributed by atoms with E-state index in [4.69, 9.17) is 4.42 Å². The standard InChI is InChI=1S/C14H12F2O/c1-2-3-4-12(14(15)16)10-5-6-13-11(9-10)7-8-17-13/h2,5-9H,1,3-4H2. The molecule has 0 unspecified atom stereocenters. The number of halogens is 2. The molecule has 1 aromatic heterocycles. The van der Waals surface area contributed by atoms with Crippen molar-refractivity contribution in [3.05, 3.63) is 54.8 Å². The number of rotatable bonds is 4. The van der Waals surface area contributed by atoms with Crippen LogP contribution in [0.25, 0.3) is 16.5 Å². The van der Waals surface area contributed by atoms with E-state index in [-0.39, 0.29) is 5.57 Å². The van der Waals surface area contributed by atoms with Gasteiger partial charge in [0.2, 0.25) is 0 Å². The van der Waals surface area contributed by atoms with Crippen molar-refractivity contribution >= 4 is 16.5 Å². The zero-order chi connectivity index (χ0) is 12.3. The van der Waals surface area contributed by atoms with Crippen LogP contribution in [-0.2, 0) is 0 Å². The van der Waals surface area contributed by atoms with Crippen LogP contribution in [0.5, 0.6) is 0 Å². The number of benzene rings is 1. The predicted octanol–water partition coefficient (Wildman–Crippen LogP) is 5.01. The first kappa shape index (κ1) is 11.6. The Labute approximate surface area is 98.0 Å². The third-order valence-corrected chi connectivity index (χ3v) is 2.63. The van der Waals surface area contributed by atoms with Gasteiger partial charge in [-0.05, 0) is 36.6 Å². The Balaban J connectivity index is 2.41. The fraction of sp³-hybridized carbons (Fsp3) is 0.143. The molecule has 0 saturated heterocycles. The Hall–Kier alpha value is -1.90. The Morgan fingerprint density at radius 3 is 2.82 bits per heavy atom. The Bertz CT molecular complexity index is 562. The molecule has 0 N–H and O–H groups in total. The number of furan rings is 1. The molecule has 0 spiro atoms. The molecule has 17 heavy (non-hydrogen) atoms. The maximum absolute atomic E-state index is 12.9. The smallest absolute Gasteiger partial charge is 0.274 e. The third kappa shape index (κ3) is 2.44. The van der Waals surface area contributed by atoms with Crippen molar-refractivity contribution in [1.29, 1.82) is 0 Å². The van der Waals surface area contributed by atoms with Gasteiger partial charge in [-0.25, -0.2) is 0 Å². The van der Waals surface area contributed by atoms with Gasteiger partial charge < -0.3 is 4.42 Å². The minimum Gasteiger partial charge on any atom is -0.464 e. The molecule has 3 heteroatoms. The lowest BCUT2D eigenvalue weighted by molar-refractivity contribution is 0.423. The van der Waals surface area contributed by atoms with E-state index in [0.717, 1.165) is 5.39 Å². The van der Waals surface area contributed by atoms with Crippen molar-refractivity contribution in [2.45, 2.75) is 12.8 Å². The molecule has 2 rings (SSSR count). The molecule has 0 aliphatic heterocycles. The van der Waals surface area contributed by atoms with Crippen LogP contribution in [0.1, 0.15) is 18.4 Å². The summed E-state index contributed by atoms with van der Waals surface area (Å²) >= 11 is 0. The summed E-state index contributed by atoms with van der Waals surface area (Å²) in [6.45, 7) is 3.54. The molecular formula is C14H12F2O. The van der Waals surface area contributed by atoms with Crippen molar-refractivity contribution in [2.24, 2.45) is 0 Å². The number of hydrogen-bond donors (Lipinski definition) is 0. The molecule has 0 atom stereocenters. The lowest BCUT2D eigenvalue weighted by Gasteiger charge is -2.05. The second-order valence-corrected chi connectivity index (χ2v) is 3.74. The minimum absolute atomic E-state index is 0.0769. The lowest BCUT2D eigenvalue weighted by Crippen LogP contribution is -1.86. The van der Waals surface area contributed by atoms with Gasteiger partial charge in [0.25, 0.3) is 6.08 Å². The van der Waals surface area contributed by atoms with Crippen LogP contribution in [0, 0.1) is 0 Å². The molecule has 0 aliphatic carbocycles. The van der Waals surface area contributed by atoms with Crippen LogP contribution in [0.4, 0.5) is 8.78 Å². The molecule has 0 fully saturated rings. The van der Waals surface area contributed by atoms with E-state index in [1.165, 1.54) is 0 Å². The molecule has 0 bridgehead atoms. The van der Waals surface area contributed by atoms with Gasteiger partial charge in [-0.1, -0.05) is 12.1 Å². The second-order valence-electron chi connectivity index (χ2n) is 3.74. The maximum atomic E-state index is 12.9. The molecule has 1 aromatic carbocycles. The fourth-order valence-corrected chi connectivity index (χ4v) is 1.75. The van der Waals surface area contributed by atoms with Crippen LogP contribution in [0.15, 0.2) is 53.7 Å². The minimum atomic E-state index is -1.63. The normalized spacial score (nSPS) is 10.5. The summed E-state index contributed by atoms with van der Waals surface area (Å²) in [6.07, 6.45) is 2.40. The quantitative estimate of drug-likeness (QED) is 0.678. The fourth-order valence-electron chi connectivity index (χ4n) is 1.75. The van der Waals surface area contributed by atoms with Gasteiger partial charge >= 0.3 is 0 Å². The van der Waals surface area contributed by atoms with E-state index in [2.05, 4.69) is 6.58 Å². The molecule has 0 saturated carbocycles. The van der Waals surface area contributed by atoms with E-state index >= 15 is 0 Å². The highest BCUT2D eigenvalue weighted by Crippen LogP contribution is 2.28. The van der Waals surface area contributed by atoms with E-state index in [0.29, 0.717) is 24.0 Å². The van der Waals surface area contributed by atoms with Crippen LogP contribution >= 0.6 is 0 Å². The summed E-state index contributed by atoms with van der Waals surface area (Å²) in [6, 6.07) is 6.85. The predicted molar refractivity (Wildman–Crippen MR) is 64.8 cm³/mol. The summed E-state index contributed by atoms with van der Waals surface area (Å²) < 4.78 is 30.9. The van der Waals surface area contributed by atoms with Gasteiger partial charge in [0.1, 0.15) is 5.58 Å². The maximum Gasteiger partial charge on any atom is 0.274 e. The van der Waals surface area contributed by atoms with Gasteiger partial charge in [-0.2, -0.15) is 8.78 Å². The van der Waals surface area contributed by atoms with Crippen LogP contribution in [0.2, 0.25) is 0 Å². The topological polar surface area (TPSA) is 13.1 Å². The van der Waals surface area contributed by atoms with Gasteiger partial charge in [-0.3, -0.25) is 0 Å². The van der Waals surface area contributed by atoms with Crippen molar-refractivity contribution in [1.82, 2.24) is 0 Å². The van der Waals surface area contributed by atoms with Gasteiger partial charge in [0.05, 0.1) is 6.26 Å². The zero-order valence-electron chi connectivity index (χ0n) is 9.25. The molecular weight excluding hydrogens is 222 g/mol. The van der Waals surface area contributed by atoms with E-state index < -0.39 is 6.08 Å². The first-order valence-electron chi connectivity index (χ1n) is 5.35. The molecule has 0 aliphatic rings. The summed E-state index contributed by atoms with van der Waals surface area (Å²) in [7, 11) is 0. The molecule has 1 heterocycles. The van der Waals surface area contributed by atoms with Crippen molar-refractivity contribution in [3.63, 3.8) is 0 Å². The molecule has 1 nitrogen and oxygen atoms in total. The summed E-state index contributed by atoms with van der Waals surface area (Å²) in [4.78, 5) is 0. The first-order chi connectivity index (χ1) is 8.22. The van der Waals surface area contributed by atoms with E-state index in [1.807, 2.05) is 0 Å². The van der Waals surface area contributed by atoms with Crippen LogP contribution < -0.4 is 0 Å². The zero-order valence-corrected chi connectivity index (χ0v) is 9.25. The van der Waals surface area contributed by atoms with Gasteiger partial charge in [0.15, 0.2) is 0 Å². The second kappa shape index (κ2) is 4.95. The highest BCUT2D eigenvalue weighted by Gasteiger charge is 2.10. The summed E-state index contributed by atoms with van der Waals surface area (Å²) in [5.41, 5.74) is 1.32. The van der Waals surface area contributed by atoms with Gasteiger partial charge in [0, 0.05) is 11.0 Å². The highest BCUT2D eigenvalue weighted by molar-refractivity contribution is 5.82. The van der Waals surface area contributed by atoms with Crippen LogP contribution in [0.3, 0.4) is 0 Å². The monoisotopic (exact) mass is 234 g/mol. The van der Waals surface area contributed by atoms with Crippen molar-refractivity contribution in [3.8, 4) is 0 Å². The van der Waals surface area contributed by atoms with E-state index in [1.54, 1.807) is 36.6 Å². The molecule has 0 radical (unpaired) electrons. The average molecular weight is 234 g/mol. The molecule has 0 amide bonds. The number of allylic oxidation sites excluding steroid dienone is 2. The lowest BCUT2D eigenvalue weighted by atomic mass is 10.0. The summed E-state index contributed by atoms with van der Waals surface area (Å²) in [5.74, 6) is 0. The summed E-state index contributed by atoms with van der Waals surface area (Å²) in [5, 5.41) is 0.833. The first-order valence-corrected chi connectivity index (χ1v) is 5.35. The number of fused-ring (bicyclic) bond motifs is 1. The third-order valence-electron chi connectivity index (χ3n) is 2.63. The number of hydrogen-bond acceptors (Lipinski definition) is 1. The van der Waals surface area contributed by atoms with E-state index in [9.17, 15) is 8.78 Å². The van der Waals surface area contributed by atoms with Crippen molar-refractivity contribution < 1.29 is 13.2 Å². The highest BCUT2D eigenvalue weighted by atomic mass is 19.3. The SMILES string of the molecule is C=CCCC(=C(F)F)c1ccc2occc2c1. The Morgan fingerprint density at radius 2 is 2.12 bits per heavy atom.